The lowest BCUT2D eigenvalue weighted by atomic mass is 10.1. The minimum atomic E-state index is -0.520. The van der Waals surface area contributed by atoms with Crippen molar-refractivity contribution in [1.82, 2.24) is 9.88 Å². The van der Waals surface area contributed by atoms with Crippen LogP contribution in [0.3, 0.4) is 0 Å². The molecule has 0 radical (unpaired) electrons. The van der Waals surface area contributed by atoms with Crippen molar-refractivity contribution in [1.29, 1.82) is 0 Å². The second-order valence-corrected chi connectivity index (χ2v) is 6.34. The Balaban J connectivity index is 1.44. The van der Waals surface area contributed by atoms with Gasteiger partial charge in [0, 0.05) is 25.5 Å². The van der Waals surface area contributed by atoms with E-state index in [0.29, 0.717) is 6.54 Å². The summed E-state index contributed by atoms with van der Waals surface area (Å²) in [4.78, 5) is 6.14. The molecule has 2 aromatic carbocycles. The van der Waals surface area contributed by atoms with E-state index in [4.69, 9.17) is 4.74 Å². The molecule has 0 aliphatic heterocycles. The maximum atomic E-state index is 10.2. The highest BCUT2D eigenvalue weighted by molar-refractivity contribution is 5.83. The molecule has 0 amide bonds. The molecule has 1 heterocycles. The maximum absolute atomic E-state index is 10.2. The molecule has 130 valence electrons. The van der Waals surface area contributed by atoms with Crippen LogP contribution in [0.5, 0.6) is 5.75 Å². The second kappa shape index (κ2) is 8.60. The number of fused-ring (bicyclic) bond motifs is 1. The second-order valence-electron chi connectivity index (χ2n) is 6.34. The van der Waals surface area contributed by atoms with E-state index >= 15 is 0 Å². The van der Waals surface area contributed by atoms with Crippen LogP contribution < -0.4 is 4.74 Å². The molecule has 0 bridgehead atoms. The monoisotopic (exact) mass is 336 g/mol. The Hall–Kier alpha value is -2.43. The first-order valence-electron chi connectivity index (χ1n) is 8.58. The summed E-state index contributed by atoms with van der Waals surface area (Å²) in [5, 5.41) is 12.5. The van der Waals surface area contributed by atoms with Gasteiger partial charge in [-0.25, -0.2) is 0 Å². The van der Waals surface area contributed by atoms with E-state index in [9.17, 15) is 5.11 Å². The minimum absolute atomic E-state index is 0.290. The van der Waals surface area contributed by atoms with Crippen molar-refractivity contribution in [3.8, 4) is 5.75 Å². The number of aliphatic hydroxyl groups excluding tert-OH is 1. The van der Waals surface area contributed by atoms with Gasteiger partial charge in [0.05, 0.1) is 0 Å². The molecule has 0 saturated carbocycles. The largest absolute Gasteiger partial charge is 0.491 e. The number of hydrogen-bond donors (Lipinski definition) is 1. The number of aromatic nitrogens is 1. The average Bonchev–Trinajstić information content (AvgIpc) is 2.65. The number of hydrogen-bond acceptors (Lipinski definition) is 4. The summed E-state index contributed by atoms with van der Waals surface area (Å²) in [6.45, 7) is 1.76. The van der Waals surface area contributed by atoms with Crippen molar-refractivity contribution in [2.24, 2.45) is 0 Å². The van der Waals surface area contributed by atoms with E-state index in [1.54, 1.807) is 0 Å². The van der Waals surface area contributed by atoms with E-state index in [1.165, 1.54) is 10.9 Å². The number of aliphatic hydroxyl groups is 1. The summed E-state index contributed by atoms with van der Waals surface area (Å²) >= 11 is 0. The van der Waals surface area contributed by atoms with Crippen molar-refractivity contribution in [2.45, 2.75) is 12.5 Å². The van der Waals surface area contributed by atoms with E-state index < -0.39 is 6.10 Å². The van der Waals surface area contributed by atoms with Gasteiger partial charge >= 0.3 is 0 Å². The molecule has 0 spiro atoms. The van der Waals surface area contributed by atoms with E-state index in [0.717, 1.165) is 24.1 Å². The lowest BCUT2D eigenvalue weighted by Crippen LogP contribution is -2.34. The third-order valence-corrected chi connectivity index (χ3v) is 4.22. The van der Waals surface area contributed by atoms with Crippen LogP contribution in [0.25, 0.3) is 10.8 Å². The van der Waals surface area contributed by atoms with E-state index in [1.807, 2.05) is 61.9 Å². The molecule has 4 heteroatoms. The van der Waals surface area contributed by atoms with Crippen LogP contribution >= 0.6 is 0 Å². The first-order chi connectivity index (χ1) is 12.2. The van der Waals surface area contributed by atoms with Gasteiger partial charge in [0.25, 0.3) is 0 Å². The first-order valence-corrected chi connectivity index (χ1v) is 8.58. The van der Waals surface area contributed by atoms with Crippen LogP contribution in [-0.2, 0) is 6.42 Å². The van der Waals surface area contributed by atoms with E-state index in [2.05, 4.69) is 22.0 Å². The highest BCUT2D eigenvalue weighted by Crippen LogP contribution is 2.20. The summed E-state index contributed by atoms with van der Waals surface area (Å²) in [5.74, 6) is 0.789. The molecule has 25 heavy (non-hydrogen) atoms. The Morgan fingerprint density at radius 1 is 1.04 bits per heavy atom. The molecule has 0 fully saturated rings. The van der Waals surface area contributed by atoms with Gasteiger partial charge in [-0.3, -0.25) is 4.98 Å². The molecule has 3 rings (SSSR count). The average molecular weight is 336 g/mol. The summed E-state index contributed by atoms with van der Waals surface area (Å²) in [5.41, 5.74) is 1.25. The lowest BCUT2D eigenvalue weighted by molar-refractivity contribution is 0.0767. The van der Waals surface area contributed by atoms with E-state index in [-0.39, 0.29) is 6.61 Å². The fraction of sp³-hybridized carbons (Fsp3) is 0.286. The molecular weight excluding hydrogens is 312 g/mol. The highest BCUT2D eigenvalue weighted by Gasteiger charge is 2.09. The predicted octanol–water partition coefficient (Wildman–Crippen LogP) is 3.15. The van der Waals surface area contributed by atoms with Gasteiger partial charge in [-0.15, -0.1) is 0 Å². The van der Waals surface area contributed by atoms with Crippen molar-refractivity contribution in [3.05, 3.63) is 72.6 Å². The smallest absolute Gasteiger partial charge is 0.120 e. The quantitative estimate of drug-likeness (QED) is 0.686. The molecule has 4 nitrogen and oxygen atoms in total. The zero-order chi connectivity index (χ0) is 17.5. The Kier molecular flexibility index (Phi) is 5.99. The number of pyridine rings is 1. The van der Waals surface area contributed by atoms with Gasteiger partial charge in [0.15, 0.2) is 0 Å². The third-order valence-electron chi connectivity index (χ3n) is 4.22. The van der Waals surface area contributed by atoms with Gasteiger partial charge in [-0.2, -0.15) is 0 Å². The SMILES string of the molecule is CN(CCc1ccncc1)CC(O)COc1ccc2ccccc2c1. The molecule has 0 saturated heterocycles. The lowest BCUT2D eigenvalue weighted by Gasteiger charge is -2.21. The maximum Gasteiger partial charge on any atom is 0.120 e. The van der Waals surface area contributed by atoms with Crippen LogP contribution in [0.2, 0.25) is 0 Å². The topological polar surface area (TPSA) is 45.6 Å². The number of benzene rings is 2. The van der Waals surface area contributed by atoms with Crippen molar-refractivity contribution in [2.75, 3.05) is 26.7 Å². The molecule has 1 N–H and O–H groups in total. The van der Waals surface area contributed by atoms with Gasteiger partial charge in [0.2, 0.25) is 0 Å². The highest BCUT2D eigenvalue weighted by atomic mass is 16.5. The van der Waals surface area contributed by atoms with Crippen molar-refractivity contribution >= 4 is 10.8 Å². The predicted molar refractivity (Wildman–Crippen MR) is 101 cm³/mol. The molecule has 1 unspecified atom stereocenters. The fourth-order valence-corrected chi connectivity index (χ4v) is 2.82. The van der Waals surface area contributed by atoms with Crippen LogP contribution in [0.4, 0.5) is 0 Å². The molecule has 1 aromatic heterocycles. The molecule has 3 aromatic rings. The number of likely N-dealkylation sites (N-methyl/N-ethyl adjacent to an activating group) is 1. The zero-order valence-electron chi connectivity index (χ0n) is 14.5. The minimum Gasteiger partial charge on any atom is -0.491 e. The summed E-state index contributed by atoms with van der Waals surface area (Å²) in [6.07, 6.45) is 4.04. The van der Waals surface area contributed by atoms with Crippen molar-refractivity contribution < 1.29 is 9.84 Å². The Bertz CT molecular complexity index is 792. The van der Waals surface area contributed by atoms with Crippen molar-refractivity contribution in [3.63, 3.8) is 0 Å². The van der Waals surface area contributed by atoms with Crippen LogP contribution in [0.1, 0.15) is 5.56 Å². The Morgan fingerprint density at radius 2 is 1.80 bits per heavy atom. The number of nitrogens with zero attached hydrogens (tertiary/aromatic N) is 2. The van der Waals surface area contributed by atoms with Crippen LogP contribution in [-0.4, -0.2) is 47.8 Å². The van der Waals surface area contributed by atoms with Gasteiger partial charge < -0.3 is 14.7 Å². The molecule has 1 atom stereocenters. The van der Waals surface area contributed by atoms with Gasteiger partial charge in [-0.1, -0.05) is 30.3 Å². The number of ether oxygens (including phenoxy) is 1. The normalized spacial score (nSPS) is 12.4. The zero-order valence-corrected chi connectivity index (χ0v) is 14.5. The Morgan fingerprint density at radius 3 is 2.60 bits per heavy atom. The molecule has 0 aliphatic rings. The van der Waals surface area contributed by atoms with Crippen LogP contribution in [0, 0.1) is 0 Å². The summed E-state index contributed by atoms with van der Waals surface area (Å²) < 4.78 is 5.75. The third kappa shape index (κ3) is 5.28. The van der Waals surface area contributed by atoms with Crippen LogP contribution in [0.15, 0.2) is 67.0 Å². The fourth-order valence-electron chi connectivity index (χ4n) is 2.82. The first kappa shape index (κ1) is 17.4. The van der Waals surface area contributed by atoms with Gasteiger partial charge in [-0.05, 0) is 54.1 Å². The molecule has 0 aliphatic carbocycles. The molecular formula is C21H24N2O2. The Labute approximate surface area is 148 Å². The summed E-state index contributed by atoms with van der Waals surface area (Å²) in [6, 6.07) is 18.2. The summed E-state index contributed by atoms with van der Waals surface area (Å²) in [7, 11) is 2.01. The standard InChI is InChI=1S/C21H24N2O2/c1-23(13-10-17-8-11-22-12-9-17)15-20(24)16-25-21-7-6-18-4-2-3-5-19(18)14-21/h2-9,11-12,14,20,24H,10,13,15-16H2,1H3. The van der Waals surface area contributed by atoms with Gasteiger partial charge in [0.1, 0.15) is 18.5 Å². The number of rotatable bonds is 8.